The third-order valence-electron chi connectivity index (χ3n) is 18.7. The van der Waals surface area contributed by atoms with E-state index >= 15 is 0 Å². The van der Waals surface area contributed by atoms with Crippen LogP contribution in [0.2, 0.25) is 0 Å². The average molecular weight is 1380 g/mol. The zero-order valence-electron chi connectivity index (χ0n) is 57.9. The molecule has 8 aromatic rings. The van der Waals surface area contributed by atoms with E-state index in [4.69, 9.17) is 75.8 Å². The predicted octanol–water partition coefficient (Wildman–Crippen LogP) is 13.0. The van der Waals surface area contributed by atoms with Gasteiger partial charge in [-0.3, -0.25) is 4.79 Å². The van der Waals surface area contributed by atoms with Crippen molar-refractivity contribution in [1.29, 1.82) is 0 Å². The summed E-state index contributed by atoms with van der Waals surface area (Å²) in [5, 5.41) is 11.8. The summed E-state index contributed by atoms with van der Waals surface area (Å²) in [6, 6.07) is 79.2. The van der Waals surface area contributed by atoms with Gasteiger partial charge in [0.2, 0.25) is 0 Å². The van der Waals surface area contributed by atoms with Crippen LogP contribution in [0.25, 0.3) is 0 Å². The van der Waals surface area contributed by atoms with Gasteiger partial charge in [0.1, 0.15) is 61.0 Å². The highest BCUT2D eigenvalue weighted by Gasteiger charge is 2.57. The Bertz CT molecular complexity index is 3650. The normalized spacial score (nSPS) is 29.8. The van der Waals surface area contributed by atoms with Gasteiger partial charge in [0.15, 0.2) is 31.3 Å². The monoisotopic (exact) mass is 1380 g/mol. The molecule has 0 aromatic heterocycles. The van der Waals surface area contributed by atoms with E-state index in [0.717, 1.165) is 44.5 Å². The first-order chi connectivity index (χ1) is 49.5. The van der Waals surface area contributed by atoms with Gasteiger partial charge >= 0.3 is 5.97 Å². The smallest absolute Gasteiger partial charge is 0.303 e. The molecule has 0 amide bonds. The molecule has 4 saturated heterocycles. The van der Waals surface area contributed by atoms with Gasteiger partial charge in [0.25, 0.3) is 0 Å². The Morgan fingerprint density at radius 3 is 0.990 bits per heavy atom. The van der Waals surface area contributed by atoms with Crippen molar-refractivity contribution in [2.24, 2.45) is 5.92 Å². The number of carbonyl (C=O) groups is 1. The molecule has 18 nitrogen and oxygen atoms in total. The molecule has 0 bridgehead atoms. The molecule has 9 unspecified atom stereocenters. The maximum atomic E-state index is 13.1. The fourth-order valence-electron chi connectivity index (χ4n) is 13.4. The Morgan fingerprint density at radius 2 is 0.594 bits per heavy atom. The molecule has 534 valence electrons. The molecule has 0 aliphatic carbocycles. The Kier molecular flexibility index (Phi) is 27.0. The fourth-order valence-corrected chi connectivity index (χ4v) is 13.4. The molecule has 12 rings (SSSR count). The number of carbonyl (C=O) groups excluding carboxylic acids is 1. The highest BCUT2D eigenvalue weighted by molar-refractivity contribution is 5.66. The van der Waals surface area contributed by atoms with Crippen LogP contribution in [0.5, 0.6) is 0 Å². The van der Waals surface area contributed by atoms with Crippen LogP contribution in [-0.4, -0.2) is 134 Å². The van der Waals surface area contributed by atoms with Crippen molar-refractivity contribution in [3.05, 3.63) is 287 Å². The number of hydrogen-bond donors (Lipinski definition) is 1. The molecule has 4 aliphatic rings. The topological polar surface area (TPSA) is 185 Å². The highest BCUT2D eigenvalue weighted by atomic mass is 16.8. The Morgan fingerprint density at radius 1 is 0.307 bits per heavy atom. The van der Waals surface area contributed by atoms with Gasteiger partial charge in [-0.1, -0.05) is 250 Å². The van der Waals surface area contributed by atoms with Gasteiger partial charge < -0.3 is 80.9 Å². The maximum absolute atomic E-state index is 13.1. The lowest BCUT2D eigenvalue weighted by Gasteiger charge is -2.52. The Labute approximate surface area is 592 Å². The zero-order valence-corrected chi connectivity index (χ0v) is 57.9. The predicted molar refractivity (Wildman–Crippen MR) is 374 cm³/mol. The van der Waals surface area contributed by atoms with Crippen molar-refractivity contribution in [3.8, 4) is 0 Å². The first-order valence-electron chi connectivity index (χ1n) is 35.1. The van der Waals surface area contributed by atoms with Crippen LogP contribution in [0.3, 0.4) is 0 Å². The van der Waals surface area contributed by atoms with Gasteiger partial charge in [-0.25, -0.2) is 0 Å². The molecule has 4 aliphatic heterocycles. The molecule has 0 radical (unpaired) electrons. The molecule has 4 fully saturated rings. The molecule has 101 heavy (non-hydrogen) atoms. The number of rotatable bonds is 32. The molecule has 4 heterocycles. The second kappa shape index (κ2) is 37.2. The largest absolute Gasteiger partial charge is 0.454 e. The van der Waals surface area contributed by atoms with Gasteiger partial charge in [0.05, 0.1) is 83.9 Å². The van der Waals surface area contributed by atoms with Crippen molar-refractivity contribution in [2.75, 3.05) is 6.61 Å². The lowest BCUT2D eigenvalue weighted by atomic mass is 9.91. The molecule has 8 aromatic carbocycles. The minimum absolute atomic E-state index is 0.0863. The molecule has 20 atom stereocenters. The van der Waals surface area contributed by atoms with E-state index in [1.807, 2.05) is 263 Å². The van der Waals surface area contributed by atoms with Crippen LogP contribution >= 0.6 is 0 Å². The van der Waals surface area contributed by atoms with Crippen molar-refractivity contribution in [1.82, 2.24) is 0 Å². The van der Waals surface area contributed by atoms with E-state index in [0.29, 0.717) is 6.61 Å². The second-order valence-electron chi connectivity index (χ2n) is 26.3. The summed E-state index contributed by atoms with van der Waals surface area (Å²) >= 11 is 0. The lowest BCUT2D eigenvalue weighted by molar-refractivity contribution is -0.396. The van der Waals surface area contributed by atoms with E-state index in [1.165, 1.54) is 6.92 Å². The average Bonchev–Trinajstić information content (AvgIpc) is 0.767. The third-order valence-corrected chi connectivity index (χ3v) is 18.7. The summed E-state index contributed by atoms with van der Waals surface area (Å²) in [7, 11) is 0. The van der Waals surface area contributed by atoms with Gasteiger partial charge in [0, 0.05) is 12.8 Å². The van der Waals surface area contributed by atoms with Crippen LogP contribution in [0.15, 0.2) is 243 Å². The molecular weight excluding hydrogens is 1280 g/mol. The zero-order chi connectivity index (χ0) is 69.7. The van der Waals surface area contributed by atoms with Crippen LogP contribution < -0.4 is 0 Å². The lowest BCUT2D eigenvalue weighted by Crippen LogP contribution is -2.67. The molecular formula is C83H94O18. The standard InChI is InChI=1S/C83H94O18/c1-55-69(99-82-78(93-53-67-44-28-13-29-45-67)75(92-52-66-42-26-12-27-43-66)73(90-50-64-38-22-10-23-39-64)68(98-82)54-86-46-60-30-14-6-15-31-60)70(87-47-61-32-16-7-17-33-61)57(3)95-81(55)101-79-74(91-51-65-40-24-11-25-41-65)71(88-48-62-34-18-8-19-35-62)58(4)96-83(79)100-76-72(89-49-63-36-20-9-21-37-63)56(2)94-80(85)77(76)97-59(5)84/h6-45,55-58,68-83,85H,46-54H2,1-5H3/t55?,56?,57?,58?,68-,69+,70-,71-,72-,73+,74-,75?,76-,77?,78?,79?,80?,81-,82+,83-/m0/s1. The number of esters is 1. The van der Waals surface area contributed by atoms with Crippen LogP contribution in [-0.2, 0) is 133 Å². The van der Waals surface area contributed by atoms with Crippen molar-refractivity contribution < 1.29 is 85.7 Å². The van der Waals surface area contributed by atoms with Crippen molar-refractivity contribution in [3.63, 3.8) is 0 Å². The van der Waals surface area contributed by atoms with E-state index in [1.54, 1.807) is 6.92 Å². The Balaban J connectivity index is 0.941. The SMILES string of the molecule is CC(=O)OC1C(O)OC(C)[C@H](OCc2ccccc2)[C@@H]1O[C@@H]1OC(C)[C@H](OCc2ccccc2)[C@H](OCc2ccccc2)C1O[C@@H]1OC(C)[C@H](OCc2ccccc2)[C@H](O[C@H]2O[C@@H](COCc3ccccc3)[C@@H](OCc3ccccc3)C(OCc3ccccc3)C2OCc2ccccc2)C1C. The van der Waals surface area contributed by atoms with E-state index < -0.39 is 129 Å². The number of aliphatic hydroxyl groups excluding tert-OH is 1. The molecule has 0 saturated carbocycles. The summed E-state index contributed by atoms with van der Waals surface area (Å²) in [6.07, 6.45) is -19.0. The number of hydrogen-bond acceptors (Lipinski definition) is 18. The first-order valence-corrected chi connectivity index (χ1v) is 35.1. The Hall–Kier alpha value is -7.41. The summed E-state index contributed by atoms with van der Waals surface area (Å²) in [5.41, 5.74) is 7.43. The third kappa shape index (κ3) is 20.3. The molecule has 1 N–H and O–H groups in total. The summed E-state index contributed by atoms with van der Waals surface area (Å²) in [4.78, 5) is 13.1. The van der Waals surface area contributed by atoms with Crippen molar-refractivity contribution >= 4 is 5.97 Å². The van der Waals surface area contributed by atoms with Gasteiger partial charge in [-0.2, -0.15) is 0 Å². The minimum atomic E-state index is -1.62. The number of aliphatic hydroxyl groups is 1. The van der Waals surface area contributed by atoms with Crippen LogP contribution in [0.4, 0.5) is 0 Å². The van der Waals surface area contributed by atoms with E-state index in [2.05, 4.69) is 0 Å². The highest BCUT2D eigenvalue weighted by Crippen LogP contribution is 2.41. The first kappa shape index (κ1) is 73.3. The van der Waals surface area contributed by atoms with Crippen LogP contribution in [0.1, 0.15) is 79.1 Å². The summed E-state index contributed by atoms with van der Waals surface area (Å²) in [5.74, 6) is -1.39. The number of benzene rings is 8. The van der Waals surface area contributed by atoms with Gasteiger partial charge in [-0.15, -0.1) is 0 Å². The molecule has 0 spiro atoms. The van der Waals surface area contributed by atoms with E-state index in [9.17, 15) is 9.90 Å². The van der Waals surface area contributed by atoms with Crippen molar-refractivity contribution in [2.45, 2.75) is 204 Å². The quantitative estimate of drug-likeness (QED) is 0.0392. The van der Waals surface area contributed by atoms with Crippen LogP contribution in [0, 0.1) is 5.92 Å². The maximum Gasteiger partial charge on any atom is 0.303 e. The summed E-state index contributed by atoms with van der Waals surface area (Å²) in [6.45, 7) is 10.5. The second-order valence-corrected chi connectivity index (χ2v) is 26.3. The summed E-state index contributed by atoms with van der Waals surface area (Å²) < 4.78 is 113. The minimum Gasteiger partial charge on any atom is -0.454 e. The number of ether oxygens (including phenoxy) is 16. The van der Waals surface area contributed by atoms with Gasteiger partial charge in [-0.05, 0) is 65.3 Å². The fraction of sp³-hybridized carbons (Fsp3) is 0.410. The molecule has 18 heteroatoms. The van der Waals surface area contributed by atoms with E-state index in [-0.39, 0.29) is 52.9 Å².